The molecule has 0 aliphatic carbocycles. The average Bonchev–Trinajstić information content (AvgIpc) is 2.34. The number of carbonyl (C=O) groups excluding carboxylic acids is 1. The fraction of sp³-hybridized carbons (Fsp3) is 0.929. The molecule has 2 N–H and O–H groups in total. The maximum absolute atomic E-state index is 12.1. The highest BCUT2D eigenvalue weighted by molar-refractivity contribution is 5.68. The Balaban J connectivity index is 2.64. The standard InChI is InChI=1S/C14H28N2O3/c1-5-6-7-14(11-17)10-16(9-8-15-14)12(18)19-13(2,3)4/h15,17H,5-11H2,1-4H3. The van der Waals surface area contributed by atoms with Crippen LogP contribution in [-0.4, -0.2) is 53.5 Å². The predicted molar refractivity (Wildman–Crippen MR) is 75.2 cm³/mol. The summed E-state index contributed by atoms with van der Waals surface area (Å²) in [5.41, 5.74) is -0.849. The SMILES string of the molecule is CCCCC1(CO)CN(C(=O)OC(C)(C)C)CCN1. The van der Waals surface area contributed by atoms with E-state index in [0.717, 1.165) is 19.3 Å². The van der Waals surface area contributed by atoms with Crippen LogP contribution in [0.15, 0.2) is 0 Å². The first kappa shape index (κ1) is 16.2. The van der Waals surface area contributed by atoms with Crippen LogP contribution in [0.1, 0.15) is 47.0 Å². The Bertz CT molecular complexity index is 302. The number of hydrogen-bond donors (Lipinski definition) is 2. The van der Waals surface area contributed by atoms with Crippen molar-refractivity contribution < 1.29 is 14.6 Å². The van der Waals surface area contributed by atoms with E-state index in [1.165, 1.54) is 0 Å². The highest BCUT2D eigenvalue weighted by atomic mass is 16.6. The van der Waals surface area contributed by atoms with Crippen LogP contribution in [0.5, 0.6) is 0 Å². The van der Waals surface area contributed by atoms with E-state index in [4.69, 9.17) is 4.74 Å². The van der Waals surface area contributed by atoms with Gasteiger partial charge in [0.05, 0.1) is 12.1 Å². The van der Waals surface area contributed by atoms with Gasteiger partial charge in [0.1, 0.15) is 5.60 Å². The molecule has 1 aliphatic heterocycles. The lowest BCUT2D eigenvalue weighted by Crippen LogP contribution is -2.63. The van der Waals surface area contributed by atoms with Crippen LogP contribution in [0.4, 0.5) is 4.79 Å². The summed E-state index contributed by atoms with van der Waals surface area (Å²) < 4.78 is 5.40. The van der Waals surface area contributed by atoms with Gasteiger partial charge in [0.25, 0.3) is 0 Å². The summed E-state index contributed by atoms with van der Waals surface area (Å²) in [5, 5.41) is 13.0. The van der Waals surface area contributed by atoms with Crippen LogP contribution in [0, 0.1) is 0 Å². The Morgan fingerprint density at radius 3 is 2.68 bits per heavy atom. The summed E-state index contributed by atoms with van der Waals surface area (Å²) in [6, 6.07) is 0. The number of amides is 1. The van der Waals surface area contributed by atoms with Crippen molar-refractivity contribution in [3.8, 4) is 0 Å². The Hall–Kier alpha value is -0.810. The third-order valence-electron chi connectivity index (χ3n) is 3.34. The van der Waals surface area contributed by atoms with Gasteiger partial charge in [0, 0.05) is 19.6 Å². The molecule has 1 amide bonds. The minimum atomic E-state index is -0.479. The number of unbranched alkanes of at least 4 members (excludes halogenated alkanes) is 1. The molecule has 1 atom stereocenters. The number of nitrogens with zero attached hydrogens (tertiary/aromatic N) is 1. The predicted octanol–water partition coefficient (Wildman–Crippen LogP) is 1.75. The zero-order chi connectivity index (χ0) is 14.5. The highest BCUT2D eigenvalue weighted by Gasteiger charge is 2.37. The van der Waals surface area contributed by atoms with Gasteiger partial charge in [-0.15, -0.1) is 0 Å². The maximum atomic E-state index is 12.1. The molecule has 1 unspecified atom stereocenters. The van der Waals surface area contributed by atoms with Crippen LogP contribution in [0.3, 0.4) is 0 Å². The molecule has 0 saturated carbocycles. The van der Waals surface area contributed by atoms with Crippen molar-refractivity contribution in [2.24, 2.45) is 0 Å². The Morgan fingerprint density at radius 1 is 1.47 bits per heavy atom. The van der Waals surface area contributed by atoms with Crippen molar-refractivity contribution in [1.82, 2.24) is 10.2 Å². The van der Waals surface area contributed by atoms with Crippen molar-refractivity contribution in [2.45, 2.75) is 58.1 Å². The summed E-state index contributed by atoms with van der Waals surface area (Å²) >= 11 is 0. The lowest BCUT2D eigenvalue weighted by Gasteiger charge is -2.43. The molecule has 0 aromatic heterocycles. The molecule has 0 bridgehead atoms. The van der Waals surface area contributed by atoms with E-state index in [-0.39, 0.29) is 18.2 Å². The zero-order valence-electron chi connectivity index (χ0n) is 12.7. The lowest BCUT2D eigenvalue weighted by atomic mass is 9.91. The van der Waals surface area contributed by atoms with E-state index in [0.29, 0.717) is 19.6 Å². The van der Waals surface area contributed by atoms with Crippen LogP contribution in [-0.2, 0) is 4.74 Å². The normalized spacial score (nSPS) is 24.4. The van der Waals surface area contributed by atoms with E-state index in [1.807, 2.05) is 20.8 Å². The molecule has 5 heteroatoms. The van der Waals surface area contributed by atoms with Crippen LogP contribution < -0.4 is 5.32 Å². The molecule has 5 nitrogen and oxygen atoms in total. The number of carbonyl (C=O) groups is 1. The van der Waals surface area contributed by atoms with Gasteiger partial charge in [-0.25, -0.2) is 4.79 Å². The highest BCUT2D eigenvalue weighted by Crippen LogP contribution is 2.20. The first-order valence-corrected chi connectivity index (χ1v) is 7.16. The number of nitrogens with one attached hydrogen (secondary N) is 1. The van der Waals surface area contributed by atoms with Crippen molar-refractivity contribution in [2.75, 3.05) is 26.2 Å². The minimum Gasteiger partial charge on any atom is -0.444 e. The second kappa shape index (κ2) is 6.57. The molecule has 19 heavy (non-hydrogen) atoms. The van der Waals surface area contributed by atoms with Crippen molar-refractivity contribution in [3.05, 3.63) is 0 Å². The van der Waals surface area contributed by atoms with E-state index < -0.39 is 5.60 Å². The molecule has 112 valence electrons. The van der Waals surface area contributed by atoms with Crippen LogP contribution >= 0.6 is 0 Å². The van der Waals surface area contributed by atoms with Gasteiger partial charge in [0.2, 0.25) is 0 Å². The third kappa shape index (κ3) is 4.99. The maximum Gasteiger partial charge on any atom is 0.410 e. The Labute approximate surface area is 116 Å². The van der Waals surface area contributed by atoms with Gasteiger partial charge in [-0.3, -0.25) is 0 Å². The quantitative estimate of drug-likeness (QED) is 0.818. The van der Waals surface area contributed by atoms with Crippen molar-refractivity contribution in [1.29, 1.82) is 0 Å². The van der Waals surface area contributed by atoms with Crippen LogP contribution in [0.2, 0.25) is 0 Å². The molecule has 0 aromatic carbocycles. The smallest absolute Gasteiger partial charge is 0.410 e. The summed E-state index contributed by atoms with van der Waals surface area (Å²) in [5.74, 6) is 0. The van der Waals surface area contributed by atoms with Crippen molar-refractivity contribution >= 4 is 6.09 Å². The van der Waals surface area contributed by atoms with E-state index in [2.05, 4.69) is 12.2 Å². The minimum absolute atomic E-state index is 0.0479. The van der Waals surface area contributed by atoms with Crippen molar-refractivity contribution in [3.63, 3.8) is 0 Å². The zero-order valence-corrected chi connectivity index (χ0v) is 12.7. The molecule has 1 heterocycles. The number of aliphatic hydroxyl groups excluding tert-OH is 1. The van der Waals surface area contributed by atoms with Gasteiger partial charge in [-0.2, -0.15) is 0 Å². The fourth-order valence-corrected chi connectivity index (χ4v) is 2.31. The Morgan fingerprint density at radius 2 is 2.16 bits per heavy atom. The summed E-state index contributed by atoms with van der Waals surface area (Å²) in [6.45, 7) is 9.60. The average molecular weight is 272 g/mol. The molecular weight excluding hydrogens is 244 g/mol. The molecule has 1 rings (SSSR count). The second-order valence-electron chi connectivity index (χ2n) is 6.37. The number of hydrogen-bond acceptors (Lipinski definition) is 4. The monoisotopic (exact) mass is 272 g/mol. The summed E-state index contributed by atoms with van der Waals surface area (Å²) in [7, 11) is 0. The Kier molecular flexibility index (Phi) is 5.62. The molecule has 0 spiro atoms. The van der Waals surface area contributed by atoms with E-state index in [1.54, 1.807) is 4.90 Å². The summed E-state index contributed by atoms with van der Waals surface area (Å²) in [6.07, 6.45) is 2.70. The van der Waals surface area contributed by atoms with Gasteiger partial charge in [-0.05, 0) is 27.2 Å². The summed E-state index contributed by atoms with van der Waals surface area (Å²) in [4.78, 5) is 13.8. The van der Waals surface area contributed by atoms with E-state index in [9.17, 15) is 9.90 Å². The number of piperazine rings is 1. The van der Waals surface area contributed by atoms with Gasteiger partial charge < -0.3 is 20.1 Å². The van der Waals surface area contributed by atoms with Crippen LogP contribution in [0.25, 0.3) is 0 Å². The fourth-order valence-electron chi connectivity index (χ4n) is 2.31. The topological polar surface area (TPSA) is 61.8 Å². The van der Waals surface area contributed by atoms with Gasteiger partial charge in [-0.1, -0.05) is 19.8 Å². The van der Waals surface area contributed by atoms with Gasteiger partial charge in [0.15, 0.2) is 0 Å². The molecular formula is C14H28N2O3. The molecule has 1 fully saturated rings. The number of rotatable bonds is 4. The lowest BCUT2D eigenvalue weighted by molar-refractivity contribution is 0.00402. The molecule has 0 aromatic rings. The van der Waals surface area contributed by atoms with Gasteiger partial charge >= 0.3 is 6.09 Å². The van der Waals surface area contributed by atoms with E-state index >= 15 is 0 Å². The molecule has 0 radical (unpaired) electrons. The molecule has 1 aliphatic rings. The molecule has 1 saturated heterocycles. The number of aliphatic hydroxyl groups is 1. The second-order valence-corrected chi connectivity index (χ2v) is 6.37. The third-order valence-corrected chi connectivity index (χ3v) is 3.34. The first-order valence-electron chi connectivity index (χ1n) is 7.16. The first-order chi connectivity index (χ1) is 8.82. The largest absolute Gasteiger partial charge is 0.444 e. The number of ether oxygens (including phenoxy) is 1.